The Morgan fingerprint density at radius 1 is 1.14 bits per heavy atom. The first-order valence-corrected chi connectivity index (χ1v) is 6.65. The van der Waals surface area contributed by atoms with Crippen LogP contribution in [-0.2, 0) is 0 Å². The Bertz CT molecular complexity index is 797. The van der Waals surface area contributed by atoms with Gasteiger partial charge in [0.25, 0.3) is 5.91 Å². The molecule has 21 heavy (non-hydrogen) atoms. The van der Waals surface area contributed by atoms with Crippen LogP contribution >= 0.6 is 23.2 Å². The number of nitrogens with two attached hydrogens (primary N) is 1. The lowest BCUT2D eigenvalue weighted by atomic mass is 10.0. The number of hydrogen-bond acceptors (Lipinski definition) is 4. The van der Waals surface area contributed by atoms with Gasteiger partial charge in [0.05, 0.1) is 21.2 Å². The molecule has 0 atom stereocenters. The predicted molar refractivity (Wildman–Crippen MR) is 80.2 cm³/mol. The molecule has 106 valence electrons. The van der Waals surface area contributed by atoms with Crippen molar-refractivity contribution in [2.75, 3.05) is 0 Å². The van der Waals surface area contributed by atoms with Crippen molar-refractivity contribution >= 4 is 29.1 Å². The van der Waals surface area contributed by atoms with Crippen molar-refractivity contribution in [1.82, 2.24) is 9.97 Å². The lowest BCUT2D eigenvalue weighted by Gasteiger charge is -2.11. The summed E-state index contributed by atoms with van der Waals surface area (Å²) < 4.78 is 0. The molecule has 2 rings (SSSR count). The molecule has 0 aromatic carbocycles. The topological polar surface area (TPSA) is 92.7 Å². The van der Waals surface area contributed by atoms with Crippen molar-refractivity contribution in [3.05, 3.63) is 44.7 Å². The minimum Gasteiger partial charge on any atom is -0.365 e. The van der Waals surface area contributed by atoms with Gasteiger partial charge in [0.1, 0.15) is 17.5 Å². The second-order valence-electron chi connectivity index (χ2n) is 4.41. The molecule has 0 fully saturated rings. The third-order valence-corrected chi connectivity index (χ3v) is 3.38. The molecule has 1 amide bonds. The second kappa shape index (κ2) is 5.68. The Morgan fingerprint density at radius 3 is 2.19 bits per heavy atom. The molecule has 0 unspecified atom stereocenters. The van der Waals surface area contributed by atoms with Crippen molar-refractivity contribution in [2.45, 2.75) is 13.8 Å². The molecule has 0 aliphatic heterocycles. The molecule has 0 bridgehead atoms. The standard InChI is InChI=1S/C14H10Cl2N4O/c1-6-3-9(15)8(5-17)12(19-6)13-11(14(18)21)10(16)4-7(2)20-13/h3-4H,1-2H3,(H2,18,21). The molecule has 0 saturated carbocycles. The van der Waals surface area contributed by atoms with E-state index in [4.69, 9.17) is 28.9 Å². The quantitative estimate of drug-likeness (QED) is 0.920. The highest BCUT2D eigenvalue weighted by molar-refractivity contribution is 6.35. The fraction of sp³-hybridized carbons (Fsp3) is 0.143. The molecule has 7 heteroatoms. The van der Waals surface area contributed by atoms with Crippen LogP contribution in [0.5, 0.6) is 0 Å². The maximum absolute atomic E-state index is 11.7. The monoisotopic (exact) mass is 320 g/mol. The van der Waals surface area contributed by atoms with Gasteiger partial charge in [0.2, 0.25) is 0 Å². The van der Waals surface area contributed by atoms with E-state index in [0.717, 1.165) is 0 Å². The molecular weight excluding hydrogens is 311 g/mol. The largest absolute Gasteiger partial charge is 0.365 e. The maximum Gasteiger partial charge on any atom is 0.252 e. The highest BCUT2D eigenvalue weighted by Crippen LogP contribution is 2.32. The van der Waals surface area contributed by atoms with Crippen molar-refractivity contribution in [2.24, 2.45) is 5.73 Å². The van der Waals surface area contributed by atoms with Crippen molar-refractivity contribution in [3.63, 3.8) is 0 Å². The minimum atomic E-state index is -0.745. The van der Waals surface area contributed by atoms with Crippen LogP contribution < -0.4 is 5.73 Å². The van der Waals surface area contributed by atoms with Gasteiger partial charge in [-0.15, -0.1) is 0 Å². The number of primary amides is 1. The average molecular weight is 321 g/mol. The van der Waals surface area contributed by atoms with Crippen LogP contribution in [0.1, 0.15) is 27.3 Å². The number of aryl methyl sites for hydroxylation is 2. The molecule has 2 aromatic rings. The maximum atomic E-state index is 11.7. The molecule has 0 aliphatic carbocycles. The van der Waals surface area contributed by atoms with Crippen molar-refractivity contribution < 1.29 is 4.79 Å². The van der Waals surface area contributed by atoms with Gasteiger partial charge in [-0.2, -0.15) is 5.26 Å². The average Bonchev–Trinajstić information content (AvgIpc) is 2.36. The summed E-state index contributed by atoms with van der Waals surface area (Å²) in [7, 11) is 0. The molecular formula is C14H10Cl2N4O. The third-order valence-electron chi connectivity index (χ3n) is 2.78. The molecule has 0 saturated heterocycles. The Labute approximate surface area is 131 Å². The van der Waals surface area contributed by atoms with Gasteiger partial charge in [-0.25, -0.2) is 4.98 Å². The zero-order valence-electron chi connectivity index (χ0n) is 11.2. The molecule has 2 aromatic heterocycles. The minimum absolute atomic E-state index is 0.0212. The molecule has 2 N–H and O–H groups in total. The van der Waals surface area contributed by atoms with Gasteiger partial charge in [0.15, 0.2) is 0 Å². The molecule has 0 aliphatic rings. The number of carbonyl (C=O) groups is 1. The first kappa shape index (κ1) is 15.2. The van der Waals surface area contributed by atoms with E-state index >= 15 is 0 Å². The van der Waals surface area contributed by atoms with Crippen LogP contribution in [0.25, 0.3) is 11.4 Å². The summed E-state index contributed by atoms with van der Waals surface area (Å²) in [6, 6.07) is 5.05. The Kier molecular flexibility index (Phi) is 4.12. The number of pyridine rings is 2. The second-order valence-corrected chi connectivity index (χ2v) is 5.23. The van der Waals surface area contributed by atoms with Gasteiger partial charge in [0, 0.05) is 11.4 Å². The zero-order chi connectivity index (χ0) is 15.7. The van der Waals surface area contributed by atoms with Gasteiger partial charge in [-0.05, 0) is 26.0 Å². The smallest absolute Gasteiger partial charge is 0.252 e. The summed E-state index contributed by atoms with van der Waals surface area (Å²) in [6.07, 6.45) is 0. The zero-order valence-corrected chi connectivity index (χ0v) is 12.7. The van der Waals surface area contributed by atoms with Crippen LogP contribution in [-0.4, -0.2) is 15.9 Å². The van der Waals surface area contributed by atoms with Gasteiger partial charge < -0.3 is 5.73 Å². The van der Waals surface area contributed by atoms with E-state index < -0.39 is 5.91 Å². The van der Waals surface area contributed by atoms with Gasteiger partial charge in [-0.1, -0.05) is 23.2 Å². The van der Waals surface area contributed by atoms with E-state index in [-0.39, 0.29) is 32.6 Å². The SMILES string of the molecule is Cc1cc(Cl)c(C#N)c(-c2nc(C)cc(Cl)c2C(N)=O)n1. The van der Waals surface area contributed by atoms with Crippen LogP contribution in [0.3, 0.4) is 0 Å². The normalized spacial score (nSPS) is 10.2. The first-order chi connectivity index (χ1) is 9.85. The van der Waals surface area contributed by atoms with Crippen molar-refractivity contribution in [1.29, 1.82) is 5.26 Å². The lowest BCUT2D eigenvalue weighted by molar-refractivity contribution is 0.100. The van der Waals surface area contributed by atoms with Crippen molar-refractivity contribution in [3.8, 4) is 17.5 Å². The fourth-order valence-corrected chi connectivity index (χ4v) is 2.58. The number of hydrogen-bond donors (Lipinski definition) is 1. The summed E-state index contributed by atoms with van der Waals surface area (Å²) in [5.41, 5.74) is 7.03. The Morgan fingerprint density at radius 2 is 1.67 bits per heavy atom. The van der Waals surface area contributed by atoms with E-state index in [1.165, 1.54) is 6.07 Å². The summed E-state index contributed by atoms with van der Waals surface area (Å²) >= 11 is 12.1. The van der Waals surface area contributed by atoms with E-state index in [0.29, 0.717) is 11.4 Å². The number of aromatic nitrogens is 2. The van der Waals surface area contributed by atoms with Crippen LogP contribution in [0.4, 0.5) is 0 Å². The summed E-state index contributed by atoms with van der Waals surface area (Å²) in [5.74, 6) is -0.745. The van der Waals surface area contributed by atoms with Crippen LogP contribution in [0.15, 0.2) is 12.1 Å². The summed E-state index contributed by atoms with van der Waals surface area (Å²) in [6.45, 7) is 3.43. The lowest BCUT2D eigenvalue weighted by Crippen LogP contribution is -2.15. The third kappa shape index (κ3) is 2.82. The number of amides is 1. The Balaban J connectivity index is 2.91. The number of nitrogens with zero attached hydrogens (tertiary/aromatic N) is 3. The number of nitriles is 1. The number of halogens is 2. The Hall–Kier alpha value is -2.16. The molecule has 2 heterocycles. The highest BCUT2D eigenvalue weighted by Gasteiger charge is 2.22. The number of rotatable bonds is 2. The van der Waals surface area contributed by atoms with E-state index in [9.17, 15) is 10.1 Å². The van der Waals surface area contributed by atoms with Gasteiger partial charge >= 0.3 is 0 Å². The van der Waals surface area contributed by atoms with Crippen LogP contribution in [0, 0.1) is 25.2 Å². The molecule has 5 nitrogen and oxygen atoms in total. The molecule has 0 spiro atoms. The summed E-state index contributed by atoms with van der Waals surface area (Å²) in [5, 5.41) is 9.66. The summed E-state index contributed by atoms with van der Waals surface area (Å²) in [4.78, 5) is 20.2. The molecule has 0 radical (unpaired) electrons. The number of carbonyl (C=O) groups excluding carboxylic acids is 1. The fourth-order valence-electron chi connectivity index (χ4n) is 1.95. The predicted octanol–water partition coefficient (Wildman–Crippen LogP) is 3.04. The van der Waals surface area contributed by atoms with E-state index in [2.05, 4.69) is 9.97 Å². The first-order valence-electron chi connectivity index (χ1n) is 5.89. The van der Waals surface area contributed by atoms with E-state index in [1.807, 2.05) is 6.07 Å². The highest BCUT2D eigenvalue weighted by atomic mass is 35.5. The van der Waals surface area contributed by atoms with E-state index in [1.54, 1.807) is 19.9 Å². The van der Waals surface area contributed by atoms with Gasteiger partial charge in [-0.3, -0.25) is 9.78 Å². The van der Waals surface area contributed by atoms with Crippen LogP contribution in [0.2, 0.25) is 10.0 Å².